The van der Waals surface area contributed by atoms with Gasteiger partial charge in [-0.2, -0.15) is 0 Å². The summed E-state index contributed by atoms with van der Waals surface area (Å²) in [6.07, 6.45) is 8.22. The third-order valence-electron chi connectivity index (χ3n) is 14.0. The molecule has 0 radical (unpaired) electrons. The number of ether oxygens (including phenoxy) is 2. The van der Waals surface area contributed by atoms with Crippen molar-refractivity contribution >= 4 is 35.9 Å². The van der Waals surface area contributed by atoms with Crippen molar-refractivity contribution in [1.82, 2.24) is 19.8 Å². The molecule has 4 atom stereocenters. The van der Waals surface area contributed by atoms with Gasteiger partial charge >= 0.3 is 11.9 Å². The van der Waals surface area contributed by atoms with Crippen molar-refractivity contribution in [1.29, 1.82) is 0 Å². The van der Waals surface area contributed by atoms with E-state index in [1.165, 1.54) is 5.56 Å². The van der Waals surface area contributed by atoms with E-state index >= 15 is 0 Å². The molecule has 70 heavy (non-hydrogen) atoms. The monoisotopic (exact) mass is 934 g/mol. The number of amides is 2. The van der Waals surface area contributed by atoms with E-state index < -0.39 is 41.1 Å². The Hall–Kier alpha value is -7.50. The molecule has 4 fully saturated rings. The molecule has 6 heterocycles. The van der Waals surface area contributed by atoms with Gasteiger partial charge < -0.3 is 24.4 Å². The number of hydrogen-bond donors (Lipinski definition) is 1. The Balaban J connectivity index is 0.000000174. The topological polar surface area (TPSA) is 139 Å². The van der Waals surface area contributed by atoms with Gasteiger partial charge in [-0.25, -0.2) is 9.59 Å². The van der Waals surface area contributed by atoms with Gasteiger partial charge in [0.05, 0.1) is 30.1 Å². The maximum Gasteiger partial charge on any atom is 0.330 e. The van der Waals surface area contributed by atoms with E-state index in [2.05, 4.69) is 16.9 Å². The van der Waals surface area contributed by atoms with Gasteiger partial charge in [0.25, 0.3) is 11.8 Å². The molecule has 2 aromatic heterocycles. The van der Waals surface area contributed by atoms with Gasteiger partial charge in [-0.3, -0.25) is 19.6 Å². The third-order valence-corrected chi connectivity index (χ3v) is 14.0. The SMILES string of the molecule is CC1(C)CC2/C(=C\c3cc(CO)ccn3)C(=O)N2[C@H]1C(=O)OC(c1ccccc1)c1ccccc1.CCc1ccnc(/C=C2/C(=O)N3C2CC(C)(C)[C@@H]3C(=O)OC(c2ccccc2)c2ccccc2)c1. The lowest BCUT2D eigenvalue weighted by Crippen LogP contribution is -2.58. The number of pyridine rings is 2. The van der Waals surface area contributed by atoms with E-state index in [4.69, 9.17) is 9.47 Å². The number of β-lactam (4-membered cyclic amide) rings is 2. The van der Waals surface area contributed by atoms with Crippen LogP contribution in [-0.4, -0.2) is 72.8 Å². The van der Waals surface area contributed by atoms with Crippen LogP contribution in [0.15, 0.2) is 169 Å². The van der Waals surface area contributed by atoms with Crippen molar-refractivity contribution in [3.63, 3.8) is 0 Å². The second-order valence-corrected chi connectivity index (χ2v) is 19.8. The van der Waals surface area contributed by atoms with E-state index in [1.807, 2.05) is 167 Å². The summed E-state index contributed by atoms with van der Waals surface area (Å²) in [5.74, 6) is -1.05. The molecule has 0 saturated carbocycles. The van der Waals surface area contributed by atoms with Crippen LogP contribution in [0.4, 0.5) is 0 Å². The van der Waals surface area contributed by atoms with Gasteiger partial charge in [-0.1, -0.05) is 156 Å². The first-order valence-corrected chi connectivity index (χ1v) is 24.0. The lowest BCUT2D eigenvalue weighted by Gasteiger charge is -2.41. The number of aromatic nitrogens is 2. The number of hydrogen-bond acceptors (Lipinski definition) is 9. The molecule has 2 unspecified atom stereocenters. The molecule has 0 spiro atoms. The quantitative estimate of drug-likeness (QED) is 0.0722. The fraction of sp³-hybridized carbons (Fsp3) is 0.288. The van der Waals surface area contributed by atoms with Crippen LogP contribution >= 0.6 is 0 Å². The minimum atomic E-state index is -0.677. The first kappa shape index (κ1) is 47.6. The number of nitrogens with zero attached hydrogens (tertiary/aromatic N) is 4. The third kappa shape index (κ3) is 9.46. The van der Waals surface area contributed by atoms with Crippen LogP contribution in [0, 0.1) is 10.8 Å². The van der Waals surface area contributed by atoms with Gasteiger partial charge in [0.15, 0.2) is 12.2 Å². The van der Waals surface area contributed by atoms with Crippen molar-refractivity contribution in [2.75, 3.05) is 0 Å². The molecule has 2 amide bonds. The number of fused-ring (bicyclic) bond motifs is 2. The molecule has 4 aliphatic rings. The zero-order valence-corrected chi connectivity index (χ0v) is 40.1. The van der Waals surface area contributed by atoms with Crippen LogP contribution in [0.3, 0.4) is 0 Å². The molecular formula is C59H58N4O7. The van der Waals surface area contributed by atoms with Crippen LogP contribution in [0.2, 0.25) is 0 Å². The Morgan fingerprint density at radius 3 is 1.27 bits per heavy atom. The van der Waals surface area contributed by atoms with Crippen molar-refractivity contribution in [2.24, 2.45) is 10.8 Å². The number of benzene rings is 4. The van der Waals surface area contributed by atoms with Gasteiger partial charge in [0.1, 0.15) is 12.1 Å². The first-order valence-electron chi connectivity index (χ1n) is 24.0. The van der Waals surface area contributed by atoms with Crippen LogP contribution in [0.1, 0.15) is 104 Å². The van der Waals surface area contributed by atoms with E-state index in [0.29, 0.717) is 24.1 Å². The van der Waals surface area contributed by atoms with Crippen molar-refractivity contribution in [3.8, 4) is 0 Å². The molecule has 4 aliphatic heterocycles. The summed E-state index contributed by atoms with van der Waals surface area (Å²) < 4.78 is 12.3. The van der Waals surface area contributed by atoms with Crippen LogP contribution in [0.5, 0.6) is 0 Å². The largest absolute Gasteiger partial charge is 0.451 e. The summed E-state index contributed by atoms with van der Waals surface area (Å²) in [4.78, 5) is 65.8. The fourth-order valence-corrected chi connectivity index (χ4v) is 10.5. The van der Waals surface area contributed by atoms with E-state index in [1.54, 1.807) is 40.4 Å². The maximum absolute atomic E-state index is 13.7. The van der Waals surface area contributed by atoms with Crippen molar-refractivity contribution in [2.45, 2.75) is 96.9 Å². The molecular weight excluding hydrogens is 877 g/mol. The van der Waals surface area contributed by atoms with Crippen LogP contribution in [0.25, 0.3) is 12.2 Å². The number of rotatable bonds is 12. The predicted octanol–water partition coefficient (Wildman–Crippen LogP) is 9.67. The molecule has 1 N–H and O–H groups in total. The molecule has 11 nitrogen and oxygen atoms in total. The number of carbonyl (C=O) groups is 4. The zero-order chi connectivity index (χ0) is 49.2. The molecule has 10 rings (SSSR count). The number of aliphatic hydroxyl groups excluding tert-OH is 1. The number of carbonyl (C=O) groups excluding carboxylic acids is 4. The summed E-state index contributed by atoms with van der Waals surface area (Å²) in [6.45, 7) is 10.1. The highest BCUT2D eigenvalue weighted by Crippen LogP contribution is 2.52. The normalized spacial score (nSPS) is 21.7. The van der Waals surface area contributed by atoms with Crippen LogP contribution < -0.4 is 0 Å². The standard InChI is InChI=1S/C30H30N2O3.C29H28N2O4/c1-4-20-15-16-31-23(17-20)18-24-25-19-30(2,3)27(32(25)28(24)33)29(34)35-26(21-11-7-5-8-12-21)22-13-9-6-10-14-22;1-29(2)17-24-23(16-22-15-19(18-32)13-14-30-22)27(33)31(24)26(29)28(34)35-25(20-9-5-3-6-10-20)21-11-7-4-8-12-21/h5-18,25-27H,4,19H2,1-3H3;3-16,24-26,32H,17-18H2,1-2H3/b24-18+;23-16+/t25?,27-;24?,26-/m00/s1. The van der Waals surface area contributed by atoms with Crippen molar-refractivity contribution < 1.29 is 33.8 Å². The predicted molar refractivity (Wildman–Crippen MR) is 267 cm³/mol. The van der Waals surface area contributed by atoms with Crippen LogP contribution in [-0.2, 0) is 41.7 Å². The van der Waals surface area contributed by atoms with Gasteiger partial charge in [-0.15, -0.1) is 0 Å². The number of esters is 2. The lowest BCUT2D eigenvalue weighted by molar-refractivity contribution is -0.162. The molecule has 4 saturated heterocycles. The number of aryl methyl sites for hydroxylation is 1. The Labute approximate surface area is 409 Å². The minimum Gasteiger partial charge on any atom is -0.451 e. The van der Waals surface area contributed by atoms with E-state index in [0.717, 1.165) is 45.5 Å². The van der Waals surface area contributed by atoms with Crippen molar-refractivity contribution in [3.05, 3.63) is 214 Å². The Kier molecular flexibility index (Phi) is 13.5. The highest BCUT2D eigenvalue weighted by Gasteiger charge is 2.62. The fourth-order valence-electron chi connectivity index (χ4n) is 10.5. The van der Waals surface area contributed by atoms with Gasteiger partial charge in [-0.05, 0) is 99.9 Å². The summed E-state index contributed by atoms with van der Waals surface area (Å²) in [5.41, 5.74) is 7.36. The smallest absolute Gasteiger partial charge is 0.330 e. The first-order chi connectivity index (χ1) is 33.8. The average Bonchev–Trinajstić information content (AvgIpc) is 3.80. The second kappa shape index (κ2) is 19.8. The average molecular weight is 935 g/mol. The Morgan fingerprint density at radius 2 is 0.929 bits per heavy atom. The lowest BCUT2D eigenvalue weighted by atomic mass is 9.83. The summed E-state index contributed by atoms with van der Waals surface area (Å²) in [7, 11) is 0. The Morgan fingerprint density at radius 1 is 0.586 bits per heavy atom. The molecule has 4 aromatic carbocycles. The molecule has 6 aromatic rings. The molecule has 356 valence electrons. The highest BCUT2D eigenvalue weighted by molar-refractivity contribution is 6.09. The minimum absolute atomic E-state index is 0.0901. The zero-order valence-electron chi connectivity index (χ0n) is 40.1. The number of aliphatic hydroxyl groups is 1. The summed E-state index contributed by atoms with van der Waals surface area (Å²) >= 11 is 0. The summed E-state index contributed by atoms with van der Waals surface area (Å²) in [6, 6.07) is 44.7. The molecule has 0 aliphatic carbocycles. The highest BCUT2D eigenvalue weighted by atomic mass is 16.6. The Bertz CT molecular complexity index is 2660. The van der Waals surface area contributed by atoms with Gasteiger partial charge in [0, 0.05) is 23.5 Å². The van der Waals surface area contributed by atoms with E-state index in [-0.39, 0.29) is 36.5 Å². The van der Waals surface area contributed by atoms with E-state index in [9.17, 15) is 24.3 Å². The summed E-state index contributed by atoms with van der Waals surface area (Å²) in [5, 5.41) is 9.40. The van der Waals surface area contributed by atoms with Gasteiger partial charge in [0.2, 0.25) is 0 Å². The molecule has 0 bridgehead atoms. The second-order valence-electron chi connectivity index (χ2n) is 19.8. The maximum atomic E-state index is 13.7. The molecule has 11 heteroatoms.